The normalized spacial score (nSPS) is 11.8. The molecule has 0 aliphatic heterocycles. The molecule has 2 aromatic carbocycles. The molecule has 2 N–H and O–H groups in total. The minimum Gasteiger partial charge on any atom is -0.504 e. The number of rotatable bonds is 5. The van der Waals surface area contributed by atoms with E-state index in [0.717, 1.165) is 17.0 Å². The lowest BCUT2D eigenvalue weighted by atomic mass is 10.1. The van der Waals surface area contributed by atoms with Crippen molar-refractivity contribution in [3.63, 3.8) is 0 Å². The number of aromatic hydroxyl groups is 1. The van der Waals surface area contributed by atoms with Gasteiger partial charge in [-0.3, -0.25) is 0 Å². The van der Waals surface area contributed by atoms with Crippen LogP contribution >= 0.6 is 11.6 Å². The standard InChI is InChI=1S/C16H18ClNO3/c1-10(11-4-6-14(19)16(8-11)21-3)18-13-9-12(17)5-7-15(13)20-2/h4-10,18-19H,1-3H3. The molecule has 0 saturated carbocycles. The Labute approximate surface area is 129 Å². The van der Waals surface area contributed by atoms with Gasteiger partial charge < -0.3 is 19.9 Å². The quantitative estimate of drug-likeness (QED) is 0.867. The molecule has 2 rings (SSSR count). The minimum atomic E-state index is -0.00753. The number of hydrogen-bond donors (Lipinski definition) is 2. The van der Waals surface area contributed by atoms with Crippen LogP contribution in [0, 0.1) is 0 Å². The molecular formula is C16H18ClNO3. The molecule has 4 nitrogen and oxygen atoms in total. The largest absolute Gasteiger partial charge is 0.504 e. The fourth-order valence-corrected chi connectivity index (χ4v) is 2.25. The molecule has 0 heterocycles. The van der Waals surface area contributed by atoms with Crippen LogP contribution in [0.1, 0.15) is 18.5 Å². The van der Waals surface area contributed by atoms with Crippen LogP contribution in [-0.2, 0) is 0 Å². The summed E-state index contributed by atoms with van der Waals surface area (Å²) in [7, 11) is 3.14. The summed E-state index contributed by atoms with van der Waals surface area (Å²) in [5.74, 6) is 1.28. The van der Waals surface area contributed by atoms with E-state index in [4.69, 9.17) is 21.1 Å². The summed E-state index contributed by atoms with van der Waals surface area (Å²) in [6.45, 7) is 2.01. The number of phenolic OH excluding ortho intramolecular Hbond substituents is 1. The molecule has 2 aromatic rings. The second-order valence-electron chi connectivity index (χ2n) is 4.64. The summed E-state index contributed by atoms with van der Waals surface area (Å²) in [5.41, 5.74) is 1.79. The zero-order valence-corrected chi connectivity index (χ0v) is 12.9. The third kappa shape index (κ3) is 3.52. The topological polar surface area (TPSA) is 50.7 Å². The van der Waals surface area contributed by atoms with Gasteiger partial charge in [-0.2, -0.15) is 0 Å². The van der Waals surface area contributed by atoms with Gasteiger partial charge in [-0.25, -0.2) is 0 Å². The molecule has 1 atom stereocenters. The minimum absolute atomic E-state index is 0.00753. The Balaban J connectivity index is 2.25. The second-order valence-corrected chi connectivity index (χ2v) is 5.08. The molecule has 112 valence electrons. The number of methoxy groups -OCH3 is 2. The Morgan fingerprint density at radius 2 is 1.76 bits per heavy atom. The second kappa shape index (κ2) is 6.59. The number of benzene rings is 2. The number of halogens is 1. The molecule has 0 aromatic heterocycles. The lowest BCUT2D eigenvalue weighted by Gasteiger charge is -2.19. The Bertz CT molecular complexity index is 631. The van der Waals surface area contributed by atoms with Gasteiger partial charge in [-0.05, 0) is 42.8 Å². The maximum Gasteiger partial charge on any atom is 0.160 e. The highest BCUT2D eigenvalue weighted by Crippen LogP contribution is 2.33. The van der Waals surface area contributed by atoms with Crippen LogP contribution in [0.15, 0.2) is 36.4 Å². The van der Waals surface area contributed by atoms with Gasteiger partial charge in [0.2, 0.25) is 0 Å². The summed E-state index contributed by atoms with van der Waals surface area (Å²) in [6, 6.07) is 10.6. The van der Waals surface area contributed by atoms with Crippen LogP contribution in [0.2, 0.25) is 5.02 Å². The highest BCUT2D eigenvalue weighted by Gasteiger charge is 2.12. The average Bonchev–Trinajstić information content (AvgIpc) is 2.48. The average molecular weight is 308 g/mol. The van der Waals surface area contributed by atoms with Gasteiger partial charge in [0.05, 0.1) is 19.9 Å². The number of anilines is 1. The third-order valence-corrected chi connectivity index (χ3v) is 3.47. The van der Waals surface area contributed by atoms with E-state index in [1.807, 2.05) is 25.1 Å². The number of phenols is 1. The van der Waals surface area contributed by atoms with Gasteiger partial charge in [0.1, 0.15) is 5.75 Å². The summed E-state index contributed by atoms with van der Waals surface area (Å²) < 4.78 is 10.4. The first-order valence-corrected chi connectivity index (χ1v) is 6.90. The predicted molar refractivity (Wildman–Crippen MR) is 84.7 cm³/mol. The van der Waals surface area contributed by atoms with Crippen molar-refractivity contribution in [1.29, 1.82) is 0 Å². The van der Waals surface area contributed by atoms with Gasteiger partial charge in [0, 0.05) is 11.1 Å². The summed E-state index contributed by atoms with van der Waals surface area (Å²) >= 11 is 6.02. The number of nitrogens with one attached hydrogen (secondary N) is 1. The van der Waals surface area contributed by atoms with Crippen molar-refractivity contribution >= 4 is 17.3 Å². The smallest absolute Gasteiger partial charge is 0.160 e. The Morgan fingerprint density at radius 1 is 1.05 bits per heavy atom. The third-order valence-electron chi connectivity index (χ3n) is 3.24. The molecule has 0 aliphatic rings. The Hall–Kier alpha value is -2.07. The lowest BCUT2D eigenvalue weighted by molar-refractivity contribution is 0.372. The van der Waals surface area contributed by atoms with E-state index in [0.29, 0.717) is 10.8 Å². The zero-order chi connectivity index (χ0) is 15.4. The van der Waals surface area contributed by atoms with E-state index in [1.165, 1.54) is 7.11 Å². The van der Waals surface area contributed by atoms with Crippen LogP contribution in [-0.4, -0.2) is 19.3 Å². The van der Waals surface area contributed by atoms with Crippen molar-refractivity contribution in [2.45, 2.75) is 13.0 Å². The fraction of sp³-hybridized carbons (Fsp3) is 0.250. The van der Waals surface area contributed by atoms with Crippen LogP contribution in [0.3, 0.4) is 0 Å². The van der Waals surface area contributed by atoms with E-state index in [9.17, 15) is 5.11 Å². The Morgan fingerprint density at radius 3 is 2.43 bits per heavy atom. The maximum absolute atomic E-state index is 9.64. The molecule has 0 fully saturated rings. The van der Waals surface area contributed by atoms with Crippen LogP contribution < -0.4 is 14.8 Å². The monoisotopic (exact) mass is 307 g/mol. The number of hydrogen-bond acceptors (Lipinski definition) is 4. The first-order valence-electron chi connectivity index (χ1n) is 6.52. The number of ether oxygens (including phenoxy) is 2. The molecule has 0 amide bonds. The molecule has 1 unspecified atom stereocenters. The van der Waals surface area contributed by atoms with Crippen molar-refractivity contribution < 1.29 is 14.6 Å². The lowest BCUT2D eigenvalue weighted by Crippen LogP contribution is -2.08. The molecule has 0 saturated heterocycles. The Kier molecular flexibility index (Phi) is 4.81. The highest BCUT2D eigenvalue weighted by atomic mass is 35.5. The molecule has 21 heavy (non-hydrogen) atoms. The van der Waals surface area contributed by atoms with E-state index in [2.05, 4.69) is 5.32 Å². The van der Waals surface area contributed by atoms with Gasteiger partial charge in [0.15, 0.2) is 11.5 Å². The van der Waals surface area contributed by atoms with Crippen molar-refractivity contribution in [3.8, 4) is 17.2 Å². The van der Waals surface area contributed by atoms with Gasteiger partial charge >= 0.3 is 0 Å². The highest BCUT2D eigenvalue weighted by molar-refractivity contribution is 6.30. The van der Waals surface area contributed by atoms with Crippen LogP contribution in [0.5, 0.6) is 17.2 Å². The molecule has 0 aliphatic carbocycles. The van der Waals surface area contributed by atoms with Crippen LogP contribution in [0.25, 0.3) is 0 Å². The predicted octanol–water partition coefficient (Wildman–Crippen LogP) is 4.24. The molecule has 5 heteroatoms. The fourth-order valence-electron chi connectivity index (χ4n) is 2.07. The van der Waals surface area contributed by atoms with Crippen molar-refractivity contribution in [2.24, 2.45) is 0 Å². The first-order chi connectivity index (χ1) is 10.0. The van der Waals surface area contributed by atoms with Crippen molar-refractivity contribution in [3.05, 3.63) is 47.0 Å². The van der Waals surface area contributed by atoms with E-state index >= 15 is 0 Å². The van der Waals surface area contributed by atoms with E-state index < -0.39 is 0 Å². The van der Waals surface area contributed by atoms with Gasteiger partial charge in [0.25, 0.3) is 0 Å². The molecule has 0 radical (unpaired) electrons. The summed E-state index contributed by atoms with van der Waals surface area (Å²) in [4.78, 5) is 0. The SMILES string of the molecule is COc1cc(C(C)Nc2cc(Cl)ccc2OC)ccc1O. The van der Waals surface area contributed by atoms with Crippen molar-refractivity contribution in [2.75, 3.05) is 19.5 Å². The maximum atomic E-state index is 9.64. The zero-order valence-electron chi connectivity index (χ0n) is 12.2. The summed E-state index contributed by atoms with van der Waals surface area (Å²) in [6.07, 6.45) is 0. The summed E-state index contributed by atoms with van der Waals surface area (Å²) in [5, 5.41) is 13.6. The molecule has 0 bridgehead atoms. The van der Waals surface area contributed by atoms with Gasteiger partial charge in [-0.15, -0.1) is 0 Å². The molecule has 0 spiro atoms. The first kappa shape index (κ1) is 15.3. The van der Waals surface area contributed by atoms with E-state index in [-0.39, 0.29) is 11.8 Å². The molecular weight excluding hydrogens is 290 g/mol. The van der Waals surface area contributed by atoms with Crippen LogP contribution in [0.4, 0.5) is 5.69 Å². The van der Waals surface area contributed by atoms with Gasteiger partial charge in [-0.1, -0.05) is 17.7 Å². The van der Waals surface area contributed by atoms with E-state index in [1.54, 1.807) is 25.3 Å². The van der Waals surface area contributed by atoms with Crippen molar-refractivity contribution in [1.82, 2.24) is 0 Å².